The highest BCUT2D eigenvalue weighted by Crippen LogP contribution is 2.28. The van der Waals surface area contributed by atoms with Gasteiger partial charge in [0, 0.05) is 17.1 Å². The van der Waals surface area contributed by atoms with Crippen molar-refractivity contribution < 1.29 is 18.3 Å². The smallest absolute Gasteiger partial charge is 0.355 e. The first-order valence-electron chi connectivity index (χ1n) is 7.97. The van der Waals surface area contributed by atoms with Gasteiger partial charge in [-0.3, -0.25) is 4.68 Å². The lowest BCUT2D eigenvalue weighted by Gasteiger charge is -2.20. The molecular weight excluding hydrogens is 425 g/mol. The van der Waals surface area contributed by atoms with Gasteiger partial charge in [-0.05, 0) is 35.4 Å². The van der Waals surface area contributed by atoms with Gasteiger partial charge >= 0.3 is 5.97 Å². The van der Waals surface area contributed by atoms with Gasteiger partial charge in [0.2, 0.25) is 10.0 Å². The summed E-state index contributed by atoms with van der Waals surface area (Å²) in [6.07, 6.45) is 0.999. The quantitative estimate of drug-likeness (QED) is 0.611. The Labute approximate surface area is 171 Å². The first kappa shape index (κ1) is 20.3. The van der Waals surface area contributed by atoms with E-state index < -0.39 is 32.6 Å². The number of carboxylic acid groups (broad SMARTS) is 1. The number of sulfonamides is 1. The lowest BCUT2D eigenvalue weighted by molar-refractivity contribution is 0.0680. The van der Waals surface area contributed by atoms with Gasteiger partial charge in [0.1, 0.15) is 4.90 Å². The van der Waals surface area contributed by atoms with E-state index in [1.54, 1.807) is 48.5 Å². The van der Waals surface area contributed by atoms with Gasteiger partial charge < -0.3 is 5.11 Å². The van der Waals surface area contributed by atoms with Gasteiger partial charge in [0.15, 0.2) is 5.69 Å². The van der Waals surface area contributed by atoms with Gasteiger partial charge in [-0.1, -0.05) is 47.5 Å². The highest BCUT2D eigenvalue weighted by molar-refractivity contribution is 7.89. The minimum atomic E-state index is -4.24. The first-order chi connectivity index (χ1) is 13.2. The van der Waals surface area contributed by atoms with Gasteiger partial charge in [-0.15, -0.1) is 0 Å². The molecule has 0 bridgehead atoms. The average molecular weight is 440 g/mol. The number of aromatic carboxylic acids is 1. The minimum Gasteiger partial charge on any atom is -0.476 e. The van der Waals surface area contributed by atoms with Crippen LogP contribution in [0.3, 0.4) is 0 Å². The molecule has 0 aliphatic heterocycles. The molecule has 7 nitrogen and oxygen atoms in total. The van der Waals surface area contributed by atoms with Gasteiger partial charge in [-0.25, -0.2) is 13.2 Å². The molecule has 0 saturated heterocycles. The van der Waals surface area contributed by atoms with Gasteiger partial charge in [0.05, 0.1) is 12.2 Å². The number of carbonyl (C=O) groups is 1. The van der Waals surface area contributed by atoms with Crippen LogP contribution in [-0.4, -0.2) is 29.3 Å². The Hall–Kier alpha value is -2.39. The number of nitrogens with one attached hydrogen (secondary N) is 1. The fourth-order valence-electron chi connectivity index (χ4n) is 2.78. The van der Waals surface area contributed by atoms with E-state index in [4.69, 9.17) is 23.2 Å². The number of nitrogens with zero attached hydrogens (tertiary/aromatic N) is 2. The third-order valence-corrected chi connectivity index (χ3v) is 5.93. The Kier molecular flexibility index (Phi) is 5.76. The van der Waals surface area contributed by atoms with Crippen molar-refractivity contribution in [3.8, 4) is 0 Å². The summed E-state index contributed by atoms with van der Waals surface area (Å²) in [6.45, 7) is 0. The number of aryl methyl sites for hydroxylation is 1. The second-order valence-corrected chi connectivity index (χ2v) is 8.51. The molecule has 10 heteroatoms. The Balaban J connectivity index is 2.11. The third-order valence-electron chi connectivity index (χ3n) is 4.03. The molecule has 0 spiro atoms. The molecule has 0 saturated carbocycles. The normalized spacial score (nSPS) is 11.7. The van der Waals surface area contributed by atoms with Crippen molar-refractivity contribution in [3.63, 3.8) is 0 Å². The Bertz CT molecular complexity index is 1100. The maximum atomic E-state index is 13.0. The second-order valence-electron chi connectivity index (χ2n) is 5.95. The molecule has 0 radical (unpaired) electrons. The van der Waals surface area contributed by atoms with Crippen molar-refractivity contribution in [1.29, 1.82) is 0 Å². The molecular formula is C18H15Cl2N3O4S. The Morgan fingerprint density at radius 1 is 1.11 bits per heavy atom. The number of hydrogen-bond donors (Lipinski definition) is 2. The maximum Gasteiger partial charge on any atom is 0.355 e. The molecule has 3 aromatic rings. The topological polar surface area (TPSA) is 101 Å². The van der Waals surface area contributed by atoms with E-state index in [9.17, 15) is 18.3 Å². The van der Waals surface area contributed by atoms with E-state index in [0.29, 0.717) is 21.2 Å². The second kappa shape index (κ2) is 7.92. The molecule has 0 aliphatic carbocycles. The number of aromatic nitrogens is 2. The molecule has 2 N–H and O–H groups in total. The van der Waals surface area contributed by atoms with Crippen LogP contribution in [0.4, 0.5) is 0 Å². The average Bonchev–Trinajstić information content (AvgIpc) is 3.02. The molecule has 1 aromatic heterocycles. The predicted octanol–water partition coefficient (Wildman–Crippen LogP) is 3.49. The lowest BCUT2D eigenvalue weighted by atomic mass is 10.00. The summed E-state index contributed by atoms with van der Waals surface area (Å²) in [5.41, 5.74) is 0.696. The van der Waals surface area contributed by atoms with Crippen LogP contribution in [0, 0.1) is 0 Å². The van der Waals surface area contributed by atoms with Crippen LogP contribution in [0.5, 0.6) is 0 Å². The van der Waals surface area contributed by atoms with Crippen LogP contribution in [0.15, 0.2) is 59.6 Å². The lowest BCUT2D eigenvalue weighted by Crippen LogP contribution is -2.30. The zero-order valence-corrected chi connectivity index (χ0v) is 16.8. The van der Waals surface area contributed by atoms with E-state index in [1.165, 1.54) is 7.05 Å². The summed E-state index contributed by atoms with van der Waals surface area (Å²) in [5, 5.41) is 14.0. The number of rotatable bonds is 6. The van der Waals surface area contributed by atoms with Gasteiger partial charge in [-0.2, -0.15) is 9.82 Å². The van der Waals surface area contributed by atoms with E-state index in [1.807, 2.05) is 0 Å². The van der Waals surface area contributed by atoms with Crippen molar-refractivity contribution in [2.45, 2.75) is 10.9 Å². The molecule has 0 atom stereocenters. The van der Waals surface area contributed by atoms with Gasteiger partial charge in [0.25, 0.3) is 0 Å². The molecule has 1 heterocycles. The largest absolute Gasteiger partial charge is 0.476 e. The third kappa shape index (κ3) is 4.20. The molecule has 0 unspecified atom stereocenters. The van der Waals surface area contributed by atoms with Crippen LogP contribution in [-0.2, 0) is 17.1 Å². The summed E-state index contributed by atoms with van der Waals surface area (Å²) < 4.78 is 29.5. The molecule has 2 aromatic carbocycles. The highest BCUT2D eigenvalue weighted by Gasteiger charge is 2.30. The molecule has 0 fully saturated rings. The fourth-order valence-corrected chi connectivity index (χ4v) is 4.54. The standard InChI is InChI=1S/C18H15Cl2N3O4S/c1-23-17(18(24)25)15(10-21-23)28(26,27)22-16(11-4-2-6-13(19)8-11)12-5-3-7-14(20)9-12/h2-10,16,22H,1H3,(H,24,25). The molecule has 3 rings (SSSR count). The molecule has 28 heavy (non-hydrogen) atoms. The maximum absolute atomic E-state index is 13.0. The van der Waals surface area contributed by atoms with Crippen molar-refractivity contribution >= 4 is 39.2 Å². The zero-order valence-electron chi connectivity index (χ0n) is 14.5. The van der Waals surface area contributed by atoms with E-state index in [-0.39, 0.29) is 0 Å². The molecule has 0 aliphatic rings. The molecule has 146 valence electrons. The number of hydrogen-bond acceptors (Lipinski definition) is 4. The summed E-state index contributed by atoms with van der Waals surface area (Å²) in [5.74, 6) is -1.40. The summed E-state index contributed by atoms with van der Waals surface area (Å²) in [4.78, 5) is 11.0. The van der Waals surface area contributed by atoms with E-state index in [0.717, 1.165) is 10.9 Å². The van der Waals surface area contributed by atoms with Crippen LogP contribution < -0.4 is 4.72 Å². The highest BCUT2D eigenvalue weighted by atomic mass is 35.5. The zero-order chi connectivity index (χ0) is 20.5. The fraction of sp³-hybridized carbons (Fsp3) is 0.111. The number of halogens is 2. The van der Waals surface area contributed by atoms with Crippen molar-refractivity contribution in [3.05, 3.63) is 81.6 Å². The van der Waals surface area contributed by atoms with E-state index in [2.05, 4.69) is 9.82 Å². The summed E-state index contributed by atoms with van der Waals surface area (Å²) in [7, 11) is -2.88. The van der Waals surface area contributed by atoms with Crippen LogP contribution >= 0.6 is 23.2 Å². The minimum absolute atomic E-state index is 0.427. The predicted molar refractivity (Wildman–Crippen MR) is 105 cm³/mol. The summed E-state index contributed by atoms with van der Waals surface area (Å²) >= 11 is 12.1. The monoisotopic (exact) mass is 439 g/mol. The van der Waals surface area contributed by atoms with Crippen molar-refractivity contribution in [2.75, 3.05) is 0 Å². The Morgan fingerprint density at radius 3 is 2.11 bits per heavy atom. The number of carboxylic acids is 1. The van der Waals surface area contributed by atoms with Crippen molar-refractivity contribution in [2.24, 2.45) is 7.05 Å². The number of benzene rings is 2. The van der Waals surface area contributed by atoms with Crippen LogP contribution in [0.1, 0.15) is 27.7 Å². The molecule has 0 amide bonds. The summed E-state index contributed by atoms with van der Waals surface area (Å²) in [6, 6.07) is 12.5. The van der Waals surface area contributed by atoms with E-state index >= 15 is 0 Å². The Morgan fingerprint density at radius 2 is 1.64 bits per heavy atom. The van der Waals surface area contributed by atoms with Crippen LogP contribution in [0.2, 0.25) is 10.0 Å². The SMILES string of the molecule is Cn1ncc(S(=O)(=O)NC(c2cccc(Cl)c2)c2cccc(Cl)c2)c1C(=O)O. The van der Waals surface area contributed by atoms with Crippen molar-refractivity contribution in [1.82, 2.24) is 14.5 Å². The van der Waals surface area contributed by atoms with Crippen LogP contribution in [0.25, 0.3) is 0 Å². The first-order valence-corrected chi connectivity index (χ1v) is 10.2.